The number of nitrogens with two attached hydrogens (primary N) is 1. The summed E-state index contributed by atoms with van der Waals surface area (Å²) in [6.07, 6.45) is 3.51. The molecule has 0 unspecified atom stereocenters. The third kappa shape index (κ3) is 6.00. The summed E-state index contributed by atoms with van der Waals surface area (Å²) in [4.78, 5) is 14.0. The lowest BCUT2D eigenvalue weighted by molar-refractivity contribution is -0.126. The highest BCUT2D eigenvalue weighted by atomic mass is 32.2. The van der Waals surface area contributed by atoms with Crippen LogP contribution in [0.5, 0.6) is 0 Å². The molecule has 1 heterocycles. The number of piperidine rings is 1. The number of carbonyl (C=O) groups is 1. The van der Waals surface area contributed by atoms with Crippen LogP contribution >= 0.6 is 0 Å². The second-order valence-corrected chi connectivity index (χ2v) is 6.49. The average molecular weight is 304 g/mol. The normalized spacial score (nSPS) is 22.2. The number of nitrogens with one attached hydrogen (secondary N) is 2. The van der Waals surface area contributed by atoms with Crippen LogP contribution in [0.25, 0.3) is 0 Å². The van der Waals surface area contributed by atoms with E-state index in [0.29, 0.717) is 19.6 Å². The topological polar surface area (TPSA) is 105 Å². The molecule has 8 heteroatoms. The molecule has 1 aliphatic heterocycles. The standard InChI is InChI=1S/C12H24N4O3S/c1-3-6-14-12(17)10(2)16-7-4-5-11(9-16)8-15-20(13,18)19/h3,10-11,15H,1,4-9H2,2H3,(H,14,17)(H2,13,18,19)/t10-,11-/m0/s1. The molecular weight excluding hydrogens is 280 g/mol. The lowest BCUT2D eigenvalue weighted by atomic mass is 9.97. The number of hydrogen-bond donors (Lipinski definition) is 3. The zero-order valence-electron chi connectivity index (χ0n) is 11.8. The van der Waals surface area contributed by atoms with Gasteiger partial charge in [0.1, 0.15) is 0 Å². The predicted molar refractivity (Wildman–Crippen MR) is 78.1 cm³/mol. The molecule has 1 saturated heterocycles. The van der Waals surface area contributed by atoms with Crippen LogP contribution in [0, 0.1) is 5.92 Å². The molecule has 0 saturated carbocycles. The first kappa shape index (κ1) is 17.1. The molecule has 0 bridgehead atoms. The second-order valence-electron chi connectivity index (χ2n) is 5.11. The SMILES string of the molecule is C=CCNC(=O)[C@H](C)N1CCC[C@@H](CNS(N)(=O)=O)C1. The van der Waals surface area contributed by atoms with Gasteiger partial charge in [-0.25, -0.2) is 9.86 Å². The van der Waals surface area contributed by atoms with Crippen molar-refractivity contribution >= 4 is 16.1 Å². The fourth-order valence-corrected chi connectivity index (χ4v) is 2.80. The Morgan fingerprint density at radius 2 is 2.30 bits per heavy atom. The molecule has 1 amide bonds. The first-order valence-corrected chi connectivity index (χ1v) is 8.28. The fraction of sp³-hybridized carbons (Fsp3) is 0.750. The number of carbonyl (C=O) groups excluding carboxylic acids is 1. The molecule has 0 aliphatic carbocycles. The Morgan fingerprint density at radius 3 is 2.90 bits per heavy atom. The van der Waals surface area contributed by atoms with Crippen molar-refractivity contribution in [3.05, 3.63) is 12.7 Å². The lowest BCUT2D eigenvalue weighted by Crippen LogP contribution is -2.50. The molecule has 2 atom stereocenters. The maximum Gasteiger partial charge on any atom is 0.274 e. The van der Waals surface area contributed by atoms with Gasteiger partial charge in [0, 0.05) is 19.6 Å². The van der Waals surface area contributed by atoms with E-state index >= 15 is 0 Å². The zero-order chi connectivity index (χ0) is 15.2. The molecule has 0 aromatic carbocycles. The van der Waals surface area contributed by atoms with E-state index in [-0.39, 0.29) is 17.9 Å². The quantitative estimate of drug-likeness (QED) is 0.535. The molecular formula is C12H24N4O3S. The summed E-state index contributed by atoms with van der Waals surface area (Å²) in [5.41, 5.74) is 0. The number of hydrogen-bond acceptors (Lipinski definition) is 4. The second kappa shape index (κ2) is 7.72. The van der Waals surface area contributed by atoms with Gasteiger partial charge in [0.05, 0.1) is 6.04 Å². The molecule has 7 nitrogen and oxygen atoms in total. The van der Waals surface area contributed by atoms with Gasteiger partial charge in [0.2, 0.25) is 5.91 Å². The Kier molecular flexibility index (Phi) is 6.60. The van der Waals surface area contributed by atoms with Crippen molar-refractivity contribution in [2.24, 2.45) is 11.1 Å². The van der Waals surface area contributed by atoms with Gasteiger partial charge >= 0.3 is 0 Å². The summed E-state index contributed by atoms with van der Waals surface area (Å²) in [5.74, 6) is 0.140. The van der Waals surface area contributed by atoms with Crippen LogP contribution in [0.15, 0.2) is 12.7 Å². The summed E-state index contributed by atoms with van der Waals surface area (Å²) >= 11 is 0. The Morgan fingerprint density at radius 1 is 1.60 bits per heavy atom. The largest absolute Gasteiger partial charge is 0.351 e. The first-order valence-electron chi connectivity index (χ1n) is 6.73. The minimum atomic E-state index is -3.65. The third-order valence-corrected chi connectivity index (χ3v) is 4.04. The van der Waals surface area contributed by atoms with E-state index in [9.17, 15) is 13.2 Å². The molecule has 0 spiro atoms. The summed E-state index contributed by atoms with van der Waals surface area (Å²) in [6, 6.07) is -0.229. The van der Waals surface area contributed by atoms with Gasteiger partial charge in [-0.2, -0.15) is 8.42 Å². The van der Waals surface area contributed by atoms with E-state index in [1.54, 1.807) is 6.08 Å². The number of likely N-dealkylation sites (tertiary alicyclic amines) is 1. The monoisotopic (exact) mass is 304 g/mol. The van der Waals surface area contributed by atoms with Crippen molar-refractivity contribution < 1.29 is 13.2 Å². The molecule has 116 valence electrons. The fourth-order valence-electron chi connectivity index (χ4n) is 2.34. The number of amides is 1. The van der Waals surface area contributed by atoms with E-state index in [4.69, 9.17) is 5.14 Å². The molecule has 0 aromatic heterocycles. The Hall–Kier alpha value is -0.960. The van der Waals surface area contributed by atoms with E-state index in [2.05, 4.69) is 21.5 Å². The molecule has 1 rings (SSSR count). The van der Waals surface area contributed by atoms with Crippen LogP contribution in [-0.2, 0) is 15.0 Å². The van der Waals surface area contributed by atoms with Crippen molar-refractivity contribution in [1.29, 1.82) is 0 Å². The van der Waals surface area contributed by atoms with Crippen molar-refractivity contribution in [1.82, 2.24) is 14.9 Å². The molecule has 4 N–H and O–H groups in total. The van der Waals surface area contributed by atoms with Gasteiger partial charge in [-0.15, -0.1) is 6.58 Å². The van der Waals surface area contributed by atoms with Gasteiger partial charge in [0.15, 0.2) is 0 Å². The van der Waals surface area contributed by atoms with Crippen LogP contribution in [-0.4, -0.2) is 51.4 Å². The van der Waals surface area contributed by atoms with Gasteiger partial charge in [-0.1, -0.05) is 6.08 Å². The minimum Gasteiger partial charge on any atom is -0.351 e. The van der Waals surface area contributed by atoms with Gasteiger partial charge in [-0.3, -0.25) is 9.69 Å². The first-order chi connectivity index (χ1) is 9.33. The highest BCUT2D eigenvalue weighted by Gasteiger charge is 2.27. The van der Waals surface area contributed by atoms with Gasteiger partial charge < -0.3 is 5.32 Å². The van der Waals surface area contributed by atoms with E-state index < -0.39 is 10.2 Å². The lowest BCUT2D eigenvalue weighted by Gasteiger charge is -2.36. The van der Waals surface area contributed by atoms with Crippen LogP contribution in [0.1, 0.15) is 19.8 Å². The Bertz CT molecular complexity index is 438. The third-order valence-electron chi connectivity index (χ3n) is 3.47. The van der Waals surface area contributed by atoms with Crippen LogP contribution in [0.2, 0.25) is 0 Å². The highest BCUT2D eigenvalue weighted by molar-refractivity contribution is 7.87. The van der Waals surface area contributed by atoms with Gasteiger partial charge in [0.25, 0.3) is 10.2 Å². The van der Waals surface area contributed by atoms with E-state index in [0.717, 1.165) is 19.4 Å². The number of rotatable bonds is 7. The van der Waals surface area contributed by atoms with Crippen LogP contribution < -0.4 is 15.2 Å². The zero-order valence-corrected chi connectivity index (χ0v) is 12.7. The summed E-state index contributed by atoms with van der Waals surface area (Å²) < 4.78 is 24.1. The predicted octanol–water partition coefficient (Wildman–Crippen LogP) is -0.818. The summed E-state index contributed by atoms with van der Waals surface area (Å²) in [7, 11) is -3.65. The van der Waals surface area contributed by atoms with Crippen molar-refractivity contribution in [2.45, 2.75) is 25.8 Å². The molecule has 0 radical (unpaired) electrons. The van der Waals surface area contributed by atoms with Crippen LogP contribution in [0.3, 0.4) is 0 Å². The maximum atomic E-state index is 11.9. The Labute approximate surface area is 120 Å². The van der Waals surface area contributed by atoms with Crippen molar-refractivity contribution in [3.8, 4) is 0 Å². The molecule has 20 heavy (non-hydrogen) atoms. The van der Waals surface area contributed by atoms with Crippen LogP contribution in [0.4, 0.5) is 0 Å². The highest BCUT2D eigenvalue weighted by Crippen LogP contribution is 2.18. The summed E-state index contributed by atoms with van der Waals surface area (Å²) in [6.45, 7) is 7.71. The van der Waals surface area contributed by atoms with E-state index in [1.165, 1.54) is 0 Å². The molecule has 1 aliphatic rings. The van der Waals surface area contributed by atoms with Crippen molar-refractivity contribution in [2.75, 3.05) is 26.2 Å². The number of nitrogens with zero attached hydrogens (tertiary/aromatic N) is 1. The summed E-state index contributed by atoms with van der Waals surface area (Å²) in [5, 5.41) is 7.69. The molecule has 1 fully saturated rings. The molecule has 0 aromatic rings. The van der Waals surface area contributed by atoms with E-state index in [1.807, 2.05) is 6.92 Å². The smallest absolute Gasteiger partial charge is 0.274 e. The minimum absolute atomic E-state index is 0.0371. The van der Waals surface area contributed by atoms with Crippen molar-refractivity contribution in [3.63, 3.8) is 0 Å². The van der Waals surface area contributed by atoms with Gasteiger partial charge in [-0.05, 0) is 32.2 Å². The average Bonchev–Trinajstić information content (AvgIpc) is 2.41. The Balaban J connectivity index is 2.47. The maximum absolute atomic E-state index is 11.9.